The molecule has 0 aliphatic rings. The average molecular weight is 283 g/mol. The number of nitrogens with one attached hydrogen (secondary N) is 2. The molecule has 0 bridgehead atoms. The lowest BCUT2D eigenvalue weighted by Gasteiger charge is -2.15. The molecule has 0 aromatic carbocycles. The summed E-state index contributed by atoms with van der Waals surface area (Å²) in [5.41, 5.74) is 6.87. The zero-order valence-corrected chi connectivity index (χ0v) is 12.1. The van der Waals surface area contributed by atoms with Crippen molar-refractivity contribution < 1.29 is 9.59 Å². The van der Waals surface area contributed by atoms with Crippen molar-refractivity contribution in [3.8, 4) is 0 Å². The number of hydrogen-bond acceptors (Lipinski definition) is 4. The van der Waals surface area contributed by atoms with Crippen molar-refractivity contribution in [2.24, 2.45) is 11.7 Å². The highest BCUT2D eigenvalue weighted by atomic mass is 32.1. The van der Waals surface area contributed by atoms with Crippen molar-refractivity contribution in [3.63, 3.8) is 0 Å². The molecule has 0 saturated carbocycles. The molecule has 1 rings (SSSR count). The van der Waals surface area contributed by atoms with E-state index in [9.17, 15) is 9.59 Å². The number of amides is 2. The van der Waals surface area contributed by atoms with Crippen molar-refractivity contribution in [1.29, 1.82) is 0 Å². The van der Waals surface area contributed by atoms with Gasteiger partial charge in [-0.25, -0.2) is 0 Å². The lowest BCUT2D eigenvalue weighted by Crippen LogP contribution is -2.47. The van der Waals surface area contributed by atoms with E-state index in [0.29, 0.717) is 6.54 Å². The van der Waals surface area contributed by atoms with Gasteiger partial charge in [0.1, 0.15) is 0 Å². The summed E-state index contributed by atoms with van der Waals surface area (Å²) in [4.78, 5) is 23.0. The highest BCUT2D eigenvalue weighted by Gasteiger charge is 2.17. The second-order valence-electron chi connectivity index (χ2n) is 4.72. The molecule has 19 heavy (non-hydrogen) atoms. The molecule has 0 aliphatic carbocycles. The van der Waals surface area contributed by atoms with Crippen LogP contribution >= 0.6 is 11.3 Å². The lowest BCUT2D eigenvalue weighted by molar-refractivity contribution is -0.127. The van der Waals surface area contributed by atoms with Crippen LogP contribution in [0.5, 0.6) is 0 Å². The summed E-state index contributed by atoms with van der Waals surface area (Å²) in [5.74, 6) is -0.427. The molecule has 0 radical (unpaired) electrons. The molecule has 0 fully saturated rings. The highest BCUT2D eigenvalue weighted by molar-refractivity contribution is 7.07. The Bertz CT molecular complexity index is 404. The molecule has 1 aromatic rings. The first kappa shape index (κ1) is 15.7. The largest absolute Gasteiger partial charge is 0.354 e. The van der Waals surface area contributed by atoms with Crippen LogP contribution in [-0.4, -0.2) is 30.9 Å². The molecule has 0 saturated heterocycles. The van der Waals surface area contributed by atoms with Crippen molar-refractivity contribution in [1.82, 2.24) is 10.6 Å². The number of thiophene rings is 1. The standard InChI is InChI=1S/C13H21N3O2S/c1-9(2)12(14)13(18)16-7-11(17)15-5-3-10-4-6-19-8-10/h4,6,8-9,12H,3,5,7,14H2,1-2H3,(H,15,17)(H,16,18)/t12-/m0/s1. The molecule has 4 N–H and O–H groups in total. The Balaban J connectivity index is 2.16. The molecule has 0 unspecified atom stereocenters. The maximum absolute atomic E-state index is 11.5. The Morgan fingerprint density at radius 1 is 1.37 bits per heavy atom. The first-order valence-electron chi connectivity index (χ1n) is 6.31. The number of hydrogen-bond donors (Lipinski definition) is 3. The van der Waals surface area contributed by atoms with E-state index in [-0.39, 0.29) is 24.3 Å². The fourth-order valence-electron chi connectivity index (χ4n) is 1.43. The van der Waals surface area contributed by atoms with Gasteiger partial charge in [-0.3, -0.25) is 9.59 Å². The van der Waals surface area contributed by atoms with E-state index in [0.717, 1.165) is 6.42 Å². The second-order valence-corrected chi connectivity index (χ2v) is 5.50. The molecule has 1 heterocycles. The number of rotatable bonds is 7. The Morgan fingerprint density at radius 3 is 2.68 bits per heavy atom. The summed E-state index contributed by atoms with van der Waals surface area (Å²) in [7, 11) is 0. The van der Waals surface area contributed by atoms with Crippen LogP contribution in [-0.2, 0) is 16.0 Å². The minimum Gasteiger partial charge on any atom is -0.354 e. The van der Waals surface area contributed by atoms with Crippen LogP contribution in [0.2, 0.25) is 0 Å². The predicted molar refractivity (Wildman–Crippen MR) is 76.9 cm³/mol. The summed E-state index contributed by atoms with van der Waals surface area (Å²) < 4.78 is 0. The molecule has 1 aromatic heterocycles. The van der Waals surface area contributed by atoms with Gasteiger partial charge in [0.25, 0.3) is 0 Å². The Morgan fingerprint density at radius 2 is 2.11 bits per heavy atom. The molecule has 2 amide bonds. The van der Waals surface area contributed by atoms with Gasteiger partial charge in [-0.05, 0) is 34.7 Å². The van der Waals surface area contributed by atoms with Crippen LogP contribution in [0.25, 0.3) is 0 Å². The third-order valence-corrected chi connectivity index (χ3v) is 3.49. The molecule has 1 atom stereocenters. The first-order chi connectivity index (χ1) is 9.00. The fourth-order valence-corrected chi connectivity index (χ4v) is 2.13. The quantitative estimate of drug-likeness (QED) is 0.681. The minimum atomic E-state index is -0.571. The smallest absolute Gasteiger partial charge is 0.239 e. The van der Waals surface area contributed by atoms with Gasteiger partial charge in [0.15, 0.2) is 0 Å². The van der Waals surface area contributed by atoms with Crippen LogP contribution in [0.15, 0.2) is 16.8 Å². The van der Waals surface area contributed by atoms with Gasteiger partial charge in [-0.2, -0.15) is 11.3 Å². The third-order valence-electron chi connectivity index (χ3n) is 2.76. The maximum atomic E-state index is 11.5. The molecule has 5 nitrogen and oxygen atoms in total. The minimum absolute atomic E-state index is 0.0249. The van der Waals surface area contributed by atoms with Crippen molar-refractivity contribution in [2.45, 2.75) is 26.3 Å². The fraction of sp³-hybridized carbons (Fsp3) is 0.538. The van der Waals surface area contributed by atoms with Gasteiger partial charge in [-0.1, -0.05) is 13.8 Å². The number of carbonyl (C=O) groups excluding carboxylic acids is 2. The van der Waals surface area contributed by atoms with Gasteiger partial charge in [0, 0.05) is 6.54 Å². The monoisotopic (exact) mass is 283 g/mol. The van der Waals surface area contributed by atoms with E-state index in [1.807, 2.05) is 25.3 Å². The second kappa shape index (κ2) is 7.91. The normalized spacial score (nSPS) is 12.2. The Labute approximate surface area is 117 Å². The maximum Gasteiger partial charge on any atom is 0.239 e. The summed E-state index contributed by atoms with van der Waals surface area (Å²) in [6.45, 7) is 4.28. The van der Waals surface area contributed by atoms with Crippen LogP contribution in [0.1, 0.15) is 19.4 Å². The molecule has 0 spiro atoms. The number of nitrogens with two attached hydrogens (primary N) is 1. The van der Waals surface area contributed by atoms with E-state index in [1.165, 1.54) is 5.56 Å². The van der Waals surface area contributed by atoms with Crippen LogP contribution in [0, 0.1) is 5.92 Å². The first-order valence-corrected chi connectivity index (χ1v) is 7.26. The summed E-state index contributed by atoms with van der Waals surface area (Å²) in [5, 5.41) is 9.34. The SMILES string of the molecule is CC(C)[C@H](N)C(=O)NCC(=O)NCCc1ccsc1. The van der Waals surface area contributed by atoms with E-state index >= 15 is 0 Å². The Kier molecular flexibility index (Phi) is 6.52. The molecular weight excluding hydrogens is 262 g/mol. The van der Waals surface area contributed by atoms with Crippen molar-refractivity contribution in [3.05, 3.63) is 22.4 Å². The van der Waals surface area contributed by atoms with Crippen molar-refractivity contribution in [2.75, 3.05) is 13.1 Å². The van der Waals surface area contributed by atoms with E-state index in [2.05, 4.69) is 16.0 Å². The van der Waals surface area contributed by atoms with Gasteiger partial charge < -0.3 is 16.4 Å². The van der Waals surface area contributed by atoms with Gasteiger partial charge in [0.05, 0.1) is 12.6 Å². The summed E-state index contributed by atoms with van der Waals surface area (Å²) >= 11 is 1.63. The van der Waals surface area contributed by atoms with Crippen molar-refractivity contribution >= 4 is 23.2 Å². The average Bonchev–Trinajstić information content (AvgIpc) is 2.88. The molecule has 6 heteroatoms. The predicted octanol–water partition coefficient (Wildman–Crippen LogP) is 0.506. The third kappa shape index (κ3) is 5.85. The number of carbonyl (C=O) groups is 2. The zero-order chi connectivity index (χ0) is 14.3. The van der Waals surface area contributed by atoms with E-state index < -0.39 is 6.04 Å². The van der Waals surface area contributed by atoms with Gasteiger partial charge >= 0.3 is 0 Å². The highest BCUT2D eigenvalue weighted by Crippen LogP contribution is 2.05. The van der Waals surface area contributed by atoms with E-state index in [4.69, 9.17) is 5.73 Å². The van der Waals surface area contributed by atoms with Crippen LogP contribution in [0.3, 0.4) is 0 Å². The van der Waals surface area contributed by atoms with E-state index in [1.54, 1.807) is 11.3 Å². The molecule has 0 aliphatic heterocycles. The summed E-state index contributed by atoms with van der Waals surface area (Å²) in [6, 6.07) is 1.46. The van der Waals surface area contributed by atoms with Crippen LogP contribution < -0.4 is 16.4 Å². The summed E-state index contributed by atoms with van der Waals surface area (Å²) in [6.07, 6.45) is 0.800. The topological polar surface area (TPSA) is 84.2 Å². The zero-order valence-electron chi connectivity index (χ0n) is 11.3. The lowest BCUT2D eigenvalue weighted by atomic mass is 10.1. The molecular formula is C13H21N3O2S. The van der Waals surface area contributed by atoms with Gasteiger partial charge in [0.2, 0.25) is 11.8 Å². The van der Waals surface area contributed by atoms with Crippen LogP contribution in [0.4, 0.5) is 0 Å². The molecule has 106 valence electrons. The Hall–Kier alpha value is -1.40. The van der Waals surface area contributed by atoms with Gasteiger partial charge in [-0.15, -0.1) is 0 Å².